The number of phenolic OH excluding ortho intramolecular Hbond substituents is 1. The highest BCUT2D eigenvalue weighted by atomic mass is 16.5. The first kappa shape index (κ1) is 19.8. The molecule has 0 radical (unpaired) electrons. The zero-order valence-electron chi connectivity index (χ0n) is 17.8. The molecule has 7 nitrogen and oxygen atoms in total. The molecule has 1 heterocycles. The Hall–Kier alpha value is -4.13. The van der Waals surface area contributed by atoms with E-state index in [1.807, 2.05) is 0 Å². The van der Waals surface area contributed by atoms with E-state index in [4.69, 9.17) is 4.74 Å². The summed E-state index contributed by atoms with van der Waals surface area (Å²) in [5.41, 5.74) is 8.61. The van der Waals surface area contributed by atoms with Crippen LogP contribution in [0.2, 0.25) is 0 Å². The van der Waals surface area contributed by atoms with Crippen LogP contribution in [0, 0.1) is 0 Å². The summed E-state index contributed by atoms with van der Waals surface area (Å²) in [4.78, 5) is 12.6. The quantitative estimate of drug-likeness (QED) is 0.329. The summed E-state index contributed by atoms with van der Waals surface area (Å²) in [5.74, 6) is -0.00663. The van der Waals surface area contributed by atoms with Crippen molar-refractivity contribution in [2.24, 2.45) is 5.10 Å². The molecule has 1 aliphatic carbocycles. The van der Waals surface area contributed by atoms with E-state index in [0.717, 1.165) is 35.0 Å². The van der Waals surface area contributed by atoms with Crippen molar-refractivity contribution in [2.75, 3.05) is 7.11 Å². The fourth-order valence-corrected chi connectivity index (χ4v) is 4.21. The Labute approximate surface area is 184 Å². The number of hydrazone groups is 1. The van der Waals surface area contributed by atoms with Crippen molar-refractivity contribution in [1.29, 1.82) is 0 Å². The number of aromatic nitrogens is 2. The fraction of sp³-hybridized carbons (Fsp3) is 0.160. The van der Waals surface area contributed by atoms with Crippen LogP contribution in [0.5, 0.6) is 11.5 Å². The Bertz CT molecular complexity index is 1380. The molecule has 5 rings (SSSR count). The molecule has 7 heteroatoms. The number of aromatic amines is 1. The molecule has 3 N–H and O–H groups in total. The van der Waals surface area contributed by atoms with Gasteiger partial charge in [-0.3, -0.25) is 9.89 Å². The zero-order valence-corrected chi connectivity index (χ0v) is 17.8. The number of amides is 1. The van der Waals surface area contributed by atoms with Gasteiger partial charge in [-0.25, -0.2) is 5.43 Å². The molecule has 0 bridgehead atoms. The SMILES string of the molecule is COc1cc(/C(C)=N/NC(=O)c2cc(-c3ccc4c5c(cccc35)CC4)n[nH]2)ccc1O. The molecule has 0 fully saturated rings. The number of hydrogen-bond donors (Lipinski definition) is 3. The Morgan fingerprint density at radius 2 is 1.94 bits per heavy atom. The molecule has 32 heavy (non-hydrogen) atoms. The van der Waals surface area contributed by atoms with Gasteiger partial charge in [0.25, 0.3) is 5.91 Å². The molecule has 0 saturated heterocycles. The number of carbonyl (C=O) groups is 1. The summed E-state index contributed by atoms with van der Waals surface area (Å²) in [6.45, 7) is 1.76. The molecule has 0 unspecified atom stereocenters. The lowest BCUT2D eigenvalue weighted by molar-refractivity contribution is 0.0950. The number of aromatic hydroxyl groups is 1. The van der Waals surface area contributed by atoms with Gasteiger partial charge in [-0.2, -0.15) is 10.2 Å². The molecule has 1 aromatic heterocycles. The maximum atomic E-state index is 12.6. The van der Waals surface area contributed by atoms with Gasteiger partial charge in [-0.1, -0.05) is 30.3 Å². The smallest absolute Gasteiger partial charge is 0.289 e. The van der Waals surface area contributed by atoms with Crippen molar-refractivity contribution in [1.82, 2.24) is 15.6 Å². The molecule has 0 saturated carbocycles. The second-order valence-corrected chi connectivity index (χ2v) is 7.80. The summed E-state index contributed by atoms with van der Waals surface area (Å²) in [6.07, 6.45) is 2.13. The minimum atomic E-state index is -0.389. The molecule has 1 aliphatic rings. The van der Waals surface area contributed by atoms with Gasteiger partial charge in [0.2, 0.25) is 0 Å². The maximum absolute atomic E-state index is 12.6. The number of rotatable bonds is 5. The highest BCUT2D eigenvalue weighted by Crippen LogP contribution is 2.36. The minimum absolute atomic E-state index is 0.0427. The molecule has 0 atom stereocenters. The van der Waals surface area contributed by atoms with Crippen LogP contribution in [0.1, 0.15) is 34.1 Å². The molecule has 3 aromatic carbocycles. The summed E-state index contributed by atoms with van der Waals surface area (Å²) in [7, 11) is 1.48. The molecular formula is C25H22N4O3. The number of nitrogens with zero attached hydrogens (tertiary/aromatic N) is 2. The van der Waals surface area contributed by atoms with Crippen LogP contribution in [0.25, 0.3) is 22.0 Å². The number of carbonyl (C=O) groups excluding carboxylic acids is 1. The van der Waals surface area contributed by atoms with Crippen molar-refractivity contribution in [3.8, 4) is 22.8 Å². The summed E-state index contributed by atoms with van der Waals surface area (Å²) < 4.78 is 5.12. The fourth-order valence-electron chi connectivity index (χ4n) is 4.21. The van der Waals surface area contributed by atoms with Crippen LogP contribution in [-0.2, 0) is 12.8 Å². The summed E-state index contributed by atoms with van der Waals surface area (Å²) in [6, 6.07) is 17.2. The predicted octanol–water partition coefficient (Wildman–Crippen LogP) is 4.20. The first-order valence-corrected chi connectivity index (χ1v) is 10.4. The van der Waals surface area contributed by atoms with Crippen LogP contribution < -0.4 is 10.2 Å². The van der Waals surface area contributed by atoms with Crippen molar-refractivity contribution in [3.05, 3.63) is 77.0 Å². The maximum Gasteiger partial charge on any atom is 0.289 e. The van der Waals surface area contributed by atoms with Gasteiger partial charge in [0, 0.05) is 11.1 Å². The van der Waals surface area contributed by atoms with Gasteiger partial charge in [-0.15, -0.1) is 0 Å². The molecule has 0 aliphatic heterocycles. The van der Waals surface area contributed by atoms with Crippen LogP contribution in [0.15, 0.2) is 59.7 Å². The van der Waals surface area contributed by atoms with Crippen LogP contribution in [-0.4, -0.2) is 34.0 Å². The first-order chi connectivity index (χ1) is 15.5. The van der Waals surface area contributed by atoms with E-state index in [2.05, 4.69) is 51.1 Å². The predicted molar refractivity (Wildman–Crippen MR) is 123 cm³/mol. The third-order valence-electron chi connectivity index (χ3n) is 5.90. The van der Waals surface area contributed by atoms with Crippen LogP contribution in [0.3, 0.4) is 0 Å². The third kappa shape index (κ3) is 3.37. The second-order valence-electron chi connectivity index (χ2n) is 7.80. The topological polar surface area (TPSA) is 99.6 Å². The van der Waals surface area contributed by atoms with Gasteiger partial charge >= 0.3 is 0 Å². The largest absolute Gasteiger partial charge is 0.504 e. The van der Waals surface area contributed by atoms with E-state index in [1.54, 1.807) is 25.1 Å². The van der Waals surface area contributed by atoms with Crippen molar-refractivity contribution in [3.63, 3.8) is 0 Å². The number of nitrogens with one attached hydrogen (secondary N) is 2. The normalized spacial score (nSPS) is 12.9. The number of aryl methyl sites for hydroxylation is 2. The Balaban J connectivity index is 1.38. The monoisotopic (exact) mass is 426 g/mol. The van der Waals surface area contributed by atoms with E-state index < -0.39 is 0 Å². The lowest BCUT2D eigenvalue weighted by Gasteiger charge is -2.07. The number of methoxy groups -OCH3 is 1. The van der Waals surface area contributed by atoms with Gasteiger partial charge in [0.05, 0.1) is 18.5 Å². The summed E-state index contributed by atoms with van der Waals surface area (Å²) >= 11 is 0. The molecular weight excluding hydrogens is 404 g/mol. The number of benzene rings is 3. The lowest BCUT2D eigenvalue weighted by Crippen LogP contribution is -2.19. The molecule has 4 aromatic rings. The van der Waals surface area contributed by atoms with Gasteiger partial charge in [0.15, 0.2) is 11.5 Å². The van der Waals surface area contributed by atoms with E-state index >= 15 is 0 Å². The van der Waals surface area contributed by atoms with E-state index in [-0.39, 0.29) is 11.7 Å². The van der Waals surface area contributed by atoms with Crippen LogP contribution in [0.4, 0.5) is 0 Å². The highest BCUT2D eigenvalue weighted by Gasteiger charge is 2.18. The highest BCUT2D eigenvalue weighted by molar-refractivity contribution is 6.03. The second kappa shape index (κ2) is 7.85. The first-order valence-electron chi connectivity index (χ1n) is 10.4. The standard InChI is InChI=1S/C25H22N4O3/c1-14(17-9-11-22(30)23(12-17)32-2)26-29-25(31)21-13-20(27-28-21)18-10-8-16-7-6-15-4-3-5-19(18)24(15)16/h3-5,8-13,30H,6-7H2,1-2H3,(H,27,28)(H,29,31)/b26-14+. The van der Waals surface area contributed by atoms with Gasteiger partial charge in [0.1, 0.15) is 5.69 Å². The summed E-state index contributed by atoms with van der Waals surface area (Å²) in [5, 5.41) is 23.6. The lowest BCUT2D eigenvalue weighted by atomic mass is 9.98. The van der Waals surface area contributed by atoms with Gasteiger partial charge in [-0.05, 0) is 65.9 Å². The molecule has 1 amide bonds. The third-order valence-corrected chi connectivity index (χ3v) is 5.90. The minimum Gasteiger partial charge on any atom is -0.504 e. The number of ether oxygens (including phenoxy) is 1. The Morgan fingerprint density at radius 3 is 2.75 bits per heavy atom. The van der Waals surface area contributed by atoms with Crippen LogP contribution >= 0.6 is 0 Å². The van der Waals surface area contributed by atoms with E-state index in [9.17, 15) is 9.90 Å². The average molecular weight is 426 g/mol. The van der Waals surface area contributed by atoms with Crippen molar-refractivity contribution in [2.45, 2.75) is 19.8 Å². The Kier molecular flexibility index (Phi) is 4.86. The average Bonchev–Trinajstić information content (AvgIpc) is 3.47. The van der Waals surface area contributed by atoms with Crippen molar-refractivity contribution < 1.29 is 14.6 Å². The Morgan fingerprint density at radius 1 is 1.12 bits per heavy atom. The number of hydrogen-bond acceptors (Lipinski definition) is 5. The van der Waals surface area contributed by atoms with E-state index in [1.165, 1.54) is 29.7 Å². The molecule has 0 spiro atoms. The van der Waals surface area contributed by atoms with E-state index in [0.29, 0.717) is 17.2 Å². The van der Waals surface area contributed by atoms with Gasteiger partial charge < -0.3 is 9.84 Å². The number of phenols is 1. The zero-order chi connectivity index (χ0) is 22.2. The molecule has 160 valence electrons. The number of H-pyrrole nitrogens is 1. The van der Waals surface area contributed by atoms with Crippen molar-refractivity contribution >= 4 is 22.4 Å².